The lowest BCUT2D eigenvalue weighted by molar-refractivity contribution is 0.306. The Morgan fingerprint density at radius 2 is 1.70 bits per heavy atom. The van der Waals surface area contributed by atoms with Gasteiger partial charge in [-0.1, -0.05) is 35.4 Å². The number of nitrogens with two attached hydrogens (primary N) is 1. The Labute approximate surface area is 116 Å². The summed E-state index contributed by atoms with van der Waals surface area (Å²) in [6, 6.07) is 17.5. The summed E-state index contributed by atoms with van der Waals surface area (Å²) in [7, 11) is 0. The number of rotatable bonds is 4. The predicted octanol–water partition coefficient (Wildman–Crippen LogP) is 2.90. The van der Waals surface area contributed by atoms with Crippen LogP contribution in [0.2, 0.25) is 0 Å². The molecule has 20 heavy (non-hydrogen) atoms. The van der Waals surface area contributed by atoms with Gasteiger partial charge in [-0.2, -0.15) is 0 Å². The van der Waals surface area contributed by atoms with Crippen LogP contribution < -0.4 is 10.5 Å². The SMILES string of the molecule is Nc1nnc(-c2ccc(OCc3ccccc3)cc2)o1. The Kier molecular flexibility index (Phi) is 3.33. The van der Waals surface area contributed by atoms with Gasteiger partial charge in [0, 0.05) is 5.56 Å². The summed E-state index contributed by atoms with van der Waals surface area (Å²) in [6.07, 6.45) is 0. The highest BCUT2D eigenvalue weighted by atomic mass is 16.5. The van der Waals surface area contributed by atoms with Crippen molar-refractivity contribution in [1.82, 2.24) is 10.2 Å². The molecule has 0 radical (unpaired) electrons. The van der Waals surface area contributed by atoms with Gasteiger partial charge in [-0.15, -0.1) is 5.10 Å². The van der Waals surface area contributed by atoms with Crippen molar-refractivity contribution >= 4 is 6.01 Å². The van der Waals surface area contributed by atoms with Gasteiger partial charge in [-0.05, 0) is 29.8 Å². The van der Waals surface area contributed by atoms with Crippen molar-refractivity contribution in [3.8, 4) is 17.2 Å². The van der Waals surface area contributed by atoms with Crippen LogP contribution in [0.3, 0.4) is 0 Å². The second-order valence-corrected chi connectivity index (χ2v) is 4.24. The Balaban J connectivity index is 1.67. The second kappa shape index (κ2) is 5.44. The predicted molar refractivity (Wildman–Crippen MR) is 74.9 cm³/mol. The molecule has 3 aromatic rings. The number of hydrogen-bond donors (Lipinski definition) is 1. The summed E-state index contributed by atoms with van der Waals surface area (Å²) in [4.78, 5) is 0. The van der Waals surface area contributed by atoms with Crippen LogP contribution in [0.15, 0.2) is 59.0 Å². The van der Waals surface area contributed by atoms with Crippen molar-refractivity contribution in [2.24, 2.45) is 0 Å². The van der Waals surface area contributed by atoms with Gasteiger partial charge in [0.15, 0.2) is 0 Å². The third kappa shape index (κ3) is 2.77. The van der Waals surface area contributed by atoms with E-state index in [-0.39, 0.29) is 6.01 Å². The molecule has 1 aromatic heterocycles. The van der Waals surface area contributed by atoms with E-state index >= 15 is 0 Å². The average Bonchev–Trinajstić information content (AvgIpc) is 2.93. The molecule has 0 unspecified atom stereocenters. The smallest absolute Gasteiger partial charge is 0.313 e. The molecule has 5 nitrogen and oxygen atoms in total. The zero-order valence-electron chi connectivity index (χ0n) is 10.7. The van der Waals surface area contributed by atoms with Crippen molar-refractivity contribution < 1.29 is 9.15 Å². The summed E-state index contributed by atoms with van der Waals surface area (Å²) in [5.41, 5.74) is 7.33. The molecule has 0 saturated carbocycles. The van der Waals surface area contributed by atoms with Crippen molar-refractivity contribution in [3.63, 3.8) is 0 Å². The van der Waals surface area contributed by atoms with Gasteiger partial charge in [0.25, 0.3) is 0 Å². The maximum Gasteiger partial charge on any atom is 0.313 e. The van der Waals surface area contributed by atoms with E-state index in [0.29, 0.717) is 12.5 Å². The Hall–Kier alpha value is -2.82. The average molecular weight is 267 g/mol. The molecule has 5 heteroatoms. The standard InChI is InChI=1S/C15H13N3O2/c16-15-18-17-14(20-15)12-6-8-13(9-7-12)19-10-11-4-2-1-3-5-11/h1-9H,10H2,(H2,16,18). The van der Waals surface area contributed by atoms with Gasteiger partial charge in [0.2, 0.25) is 5.89 Å². The fraction of sp³-hybridized carbons (Fsp3) is 0.0667. The van der Waals surface area contributed by atoms with Crippen LogP contribution in [-0.4, -0.2) is 10.2 Å². The van der Waals surface area contributed by atoms with Crippen LogP contribution in [0.5, 0.6) is 5.75 Å². The van der Waals surface area contributed by atoms with Gasteiger partial charge >= 0.3 is 6.01 Å². The highest BCUT2D eigenvalue weighted by Crippen LogP contribution is 2.22. The first-order valence-corrected chi connectivity index (χ1v) is 6.17. The van der Waals surface area contributed by atoms with Crippen LogP contribution in [0, 0.1) is 0 Å². The second-order valence-electron chi connectivity index (χ2n) is 4.24. The van der Waals surface area contributed by atoms with E-state index in [4.69, 9.17) is 14.9 Å². The summed E-state index contributed by atoms with van der Waals surface area (Å²) in [5.74, 6) is 1.18. The summed E-state index contributed by atoms with van der Waals surface area (Å²) in [5, 5.41) is 7.45. The molecule has 0 bridgehead atoms. The van der Waals surface area contributed by atoms with Gasteiger partial charge in [-0.3, -0.25) is 0 Å². The number of nitrogens with zero attached hydrogens (tertiary/aromatic N) is 2. The highest BCUT2D eigenvalue weighted by molar-refractivity contribution is 5.54. The lowest BCUT2D eigenvalue weighted by Crippen LogP contribution is -1.94. The molecule has 0 aliphatic rings. The highest BCUT2D eigenvalue weighted by Gasteiger charge is 2.06. The first-order valence-electron chi connectivity index (χ1n) is 6.17. The quantitative estimate of drug-likeness (QED) is 0.786. The maximum atomic E-state index is 5.70. The number of anilines is 1. The third-order valence-corrected chi connectivity index (χ3v) is 2.79. The van der Waals surface area contributed by atoms with Crippen molar-refractivity contribution in [2.45, 2.75) is 6.61 Å². The number of hydrogen-bond acceptors (Lipinski definition) is 5. The molecule has 0 aliphatic heterocycles. The van der Waals surface area contributed by atoms with Crippen LogP contribution in [-0.2, 0) is 6.61 Å². The normalized spacial score (nSPS) is 10.4. The lowest BCUT2D eigenvalue weighted by Gasteiger charge is -2.06. The minimum absolute atomic E-state index is 0.0596. The van der Waals surface area contributed by atoms with E-state index in [2.05, 4.69) is 10.2 Å². The molecule has 0 saturated heterocycles. The molecule has 1 heterocycles. The zero-order valence-corrected chi connectivity index (χ0v) is 10.7. The Morgan fingerprint density at radius 3 is 2.35 bits per heavy atom. The summed E-state index contributed by atoms with van der Waals surface area (Å²) >= 11 is 0. The van der Waals surface area contributed by atoms with E-state index < -0.39 is 0 Å². The number of nitrogen functional groups attached to an aromatic ring is 1. The molecule has 0 aliphatic carbocycles. The van der Waals surface area contributed by atoms with Crippen LogP contribution in [0.4, 0.5) is 6.01 Å². The van der Waals surface area contributed by atoms with E-state index in [9.17, 15) is 0 Å². The lowest BCUT2D eigenvalue weighted by atomic mass is 10.2. The zero-order chi connectivity index (χ0) is 13.8. The van der Waals surface area contributed by atoms with Crippen LogP contribution >= 0.6 is 0 Å². The molecular weight excluding hydrogens is 254 g/mol. The maximum absolute atomic E-state index is 5.70. The van der Waals surface area contributed by atoms with Crippen LogP contribution in [0.1, 0.15) is 5.56 Å². The molecule has 3 rings (SSSR count). The van der Waals surface area contributed by atoms with E-state index in [1.54, 1.807) is 0 Å². The third-order valence-electron chi connectivity index (χ3n) is 2.79. The van der Waals surface area contributed by atoms with Gasteiger partial charge in [0.05, 0.1) is 0 Å². The minimum atomic E-state index is 0.0596. The molecule has 0 spiro atoms. The van der Waals surface area contributed by atoms with Gasteiger partial charge in [-0.25, -0.2) is 0 Å². The fourth-order valence-electron chi connectivity index (χ4n) is 1.79. The molecule has 0 atom stereocenters. The fourth-order valence-corrected chi connectivity index (χ4v) is 1.79. The van der Waals surface area contributed by atoms with Crippen molar-refractivity contribution in [1.29, 1.82) is 0 Å². The monoisotopic (exact) mass is 267 g/mol. The first kappa shape index (κ1) is 12.2. The summed E-state index contributed by atoms with van der Waals surface area (Å²) in [6.45, 7) is 0.535. The molecule has 0 amide bonds. The minimum Gasteiger partial charge on any atom is -0.489 e. The Morgan fingerprint density at radius 1 is 0.950 bits per heavy atom. The number of ether oxygens (including phenoxy) is 1. The van der Waals surface area contributed by atoms with Gasteiger partial charge < -0.3 is 14.9 Å². The molecule has 2 aromatic carbocycles. The first-order chi connectivity index (χ1) is 9.81. The topological polar surface area (TPSA) is 74.2 Å². The molecule has 0 fully saturated rings. The number of benzene rings is 2. The molecular formula is C15H13N3O2. The molecule has 2 N–H and O–H groups in total. The van der Waals surface area contributed by atoms with E-state index in [1.165, 1.54) is 0 Å². The largest absolute Gasteiger partial charge is 0.489 e. The number of aromatic nitrogens is 2. The Bertz CT molecular complexity index is 678. The molecule has 100 valence electrons. The van der Waals surface area contributed by atoms with Crippen molar-refractivity contribution in [2.75, 3.05) is 5.73 Å². The van der Waals surface area contributed by atoms with E-state index in [1.807, 2.05) is 54.6 Å². The van der Waals surface area contributed by atoms with Crippen LogP contribution in [0.25, 0.3) is 11.5 Å². The summed E-state index contributed by atoms with van der Waals surface area (Å²) < 4.78 is 10.9. The van der Waals surface area contributed by atoms with E-state index in [0.717, 1.165) is 16.9 Å². The van der Waals surface area contributed by atoms with Crippen molar-refractivity contribution in [3.05, 3.63) is 60.2 Å². The van der Waals surface area contributed by atoms with Gasteiger partial charge in [0.1, 0.15) is 12.4 Å².